The van der Waals surface area contributed by atoms with Crippen LogP contribution in [0, 0.1) is 6.92 Å². The predicted molar refractivity (Wildman–Crippen MR) is 77.9 cm³/mol. The van der Waals surface area contributed by atoms with E-state index in [1.54, 1.807) is 13.3 Å². The van der Waals surface area contributed by atoms with Crippen LogP contribution < -0.4 is 10.1 Å². The standard InChI is InChI=1S/C15H17ClN2O/c1-10-6-7-18-9-12(10)15(17-2)11-4-5-13(16)14(8-11)19-3/h4-9,15,17H,1-3H3. The van der Waals surface area contributed by atoms with Gasteiger partial charge in [0, 0.05) is 12.4 Å². The molecule has 0 aliphatic heterocycles. The molecule has 1 N–H and O–H groups in total. The lowest BCUT2D eigenvalue weighted by molar-refractivity contribution is 0.414. The average molecular weight is 277 g/mol. The van der Waals surface area contributed by atoms with E-state index in [4.69, 9.17) is 16.3 Å². The van der Waals surface area contributed by atoms with E-state index in [9.17, 15) is 0 Å². The second kappa shape index (κ2) is 6.04. The molecule has 0 amide bonds. The third kappa shape index (κ3) is 2.88. The van der Waals surface area contributed by atoms with Gasteiger partial charge in [0.05, 0.1) is 18.2 Å². The molecule has 1 atom stereocenters. The molecular weight excluding hydrogens is 260 g/mol. The Labute approximate surface area is 118 Å². The molecule has 0 saturated heterocycles. The summed E-state index contributed by atoms with van der Waals surface area (Å²) in [7, 11) is 3.55. The number of ether oxygens (including phenoxy) is 1. The highest BCUT2D eigenvalue weighted by Crippen LogP contribution is 2.31. The molecule has 2 aromatic rings. The first-order valence-corrected chi connectivity index (χ1v) is 6.46. The average Bonchev–Trinajstić information content (AvgIpc) is 2.43. The van der Waals surface area contributed by atoms with Crippen molar-refractivity contribution in [2.45, 2.75) is 13.0 Å². The molecule has 0 aliphatic rings. The van der Waals surface area contributed by atoms with Gasteiger partial charge in [0.1, 0.15) is 5.75 Å². The van der Waals surface area contributed by atoms with E-state index in [1.165, 1.54) is 5.56 Å². The molecule has 4 heteroatoms. The number of aryl methyl sites for hydroxylation is 1. The second-order valence-corrected chi connectivity index (χ2v) is 4.76. The Kier molecular flexibility index (Phi) is 4.40. The van der Waals surface area contributed by atoms with Gasteiger partial charge in [-0.25, -0.2) is 0 Å². The maximum Gasteiger partial charge on any atom is 0.137 e. The topological polar surface area (TPSA) is 34.1 Å². The minimum absolute atomic E-state index is 0.0693. The summed E-state index contributed by atoms with van der Waals surface area (Å²) in [6.07, 6.45) is 3.69. The van der Waals surface area contributed by atoms with Gasteiger partial charge in [0.25, 0.3) is 0 Å². The van der Waals surface area contributed by atoms with Crippen LogP contribution in [0.1, 0.15) is 22.7 Å². The molecule has 19 heavy (non-hydrogen) atoms. The largest absolute Gasteiger partial charge is 0.495 e. The fourth-order valence-corrected chi connectivity index (χ4v) is 2.33. The van der Waals surface area contributed by atoms with Crippen LogP contribution in [0.2, 0.25) is 5.02 Å². The number of methoxy groups -OCH3 is 1. The molecule has 1 unspecified atom stereocenters. The predicted octanol–water partition coefficient (Wildman–Crippen LogP) is 3.36. The zero-order chi connectivity index (χ0) is 13.8. The zero-order valence-corrected chi connectivity index (χ0v) is 12.0. The van der Waals surface area contributed by atoms with Gasteiger partial charge >= 0.3 is 0 Å². The first-order chi connectivity index (χ1) is 9.17. The van der Waals surface area contributed by atoms with Gasteiger partial charge in [-0.1, -0.05) is 17.7 Å². The van der Waals surface area contributed by atoms with E-state index in [-0.39, 0.29) is 6.04 Å². The summed E-state index contributed by atoms with van der Waals surface area (Å²) in [6.45, 7) is 2.08. The van der Waals surface area contributed by atoms with E-state index < -0.39 is 0 Å². The first kappa shape index (κ1) is 13.8. The second-order valence-electron chi connectivity index (χ2n) is 4.35. The number of halogens is 1. The molecule has 0 saturated carbocycles. The lowest BCUT2D eigenvalue weighted by atomic mass is 9.97. The van der Waals surface area contributed by atoms with Crippen LogP contribution in [0.3, 0.4) is 0 Å². The Balaban J connectivity index is 2.45. The molecule has 0 spiro atoms. The normalized spacial score (nSPS) is 12.2. The maximum absolute atomic E-state index is 6.06. The summed E-state index contributed by atoms with van der Waals surface area (Å²) in [5.41, 5.74) is 3.44. The van der Waals surface area contributed by atoms with Crippen LogP contribution >= 0.6 is 11.6 Å². The summed E-state index contributed by atoms with van der Waals surface area (Å²) in [5, 5.41) is 3.92. The molecule has 0 radical (unpaired) electrons. The highest BCUT2D eigenvalue weighted by molar-refractivity contribution is 6.32. The minimum Gasteiger partial charge on any atom is -0.495 e. The number of rotatable bonds is 4. The molecule has 100 valence electrons. The van der Waals surface area contributed by atoms with Gasteiger partial charge < -0.3 is 10.1 Å². The maximum atomic E-state index is 6.06. The number of benzene rings is 1. The number of hydrogen-bond donors (Lipinski definition) is 1. The number of nitrogens with zero attached hydrogens (tertiary/aromatic N) is 1. The van der Waals surface area contributed by atoms with Crippen molar-refractivity contribution in [2.24, 2.45) is 0 Å². The SMILES string of the molecule is CNC(c1ccc(Cl)c(OC)c1)c1cnccc1C. The van der Waals surface area contributed by atoms with Crippen molar-refractivity contribution in [3.05, 3.63) is 58.4 Å². The van der Waals surface area contributed by atoms with E-state index in [1.807, 2.05) is 37.5 Å². The van der Waals surface area contributed by atoms with E-state index in [0.29, 0.717) is 10.8 Å². The van der Waals surface area contributed by atoms with Gasteiger partial charge in [-0.15, -0.1) is 0 Å². The minimum atomic E-state index is 0.0693. The van der Waals surface area contributed by atoms with Crippen LogP contribution in [0.15, 0.2) is 36.7 Å². The number of pyridine rings is 1. The first-order valence-electron chi connectivity index (χ1n) is 6.08. The van der Waals surface area contributed by atoms with Crippen molar-refractivity contribution in [2.75, 3.05) is 14.2 Å². The van der Waals surface area contributed by atoms with Crippen molar-refractivity contribution < 1.29 is 4.74 Å². The molecule has 0 fully saturated rings. The van der Waals surface area contributed by atoms with Crippen molar-refractivity contribution in [3.8, 4) is 5.75 Å². The summed E-state index contributed by atoms with van der Waals surface area (Å²) < 4.78 is 5.27. The molecule has 0 aliphatic carbocycles. The summed E-state index contributed by atoms with van der Waals surface area (Å²) in [4.78, 5) is 4.20. The van der Waals surface area contributed by atoms with Gasteiger partial charge in [0.2, 0.25) is 0 Å². The quantitative estimate of drug-likeness (QED) is 0.930. The Hall–Kier alpha value is -1.58. The van der Waals surface area contributed by atoms with Crippen LogP contribution in [0.5, 0.6) is 5.75 Å². The zero-order valence-electron chi connectivity index (χ0n) is 11.3. The summed E-state index contributed by atoms with van der Waals surface area (Å²) in [6, 6.07) is 7.88. The van der Waals surface area contributed by atoms with Gasteiger partial charge in [-0.2, -0.15) is 0 Å². The van der Waals surface area contributed by atoms with E-state index in [0.717, 1.165) is 11.1 Å². The number of aromatic nitrogens is 1. The van der Waals surface area contributed by atoms with Crippen molar-refractivity contribution in [3.63, 3.8) is 0 Å². The summed E-state index contributed by atoms with van der Waals surface area (Å²) in [5.74, 6) is 0.681. The molecular formula is C15H17ClN2O. The molecule has 3 nitrogen and oxygen atoms in total. The fourth-order valence-electron chi connectivity index (χ4n) is 2.14. The highest BCUT2D eigenvalue weighted by Gasteiger charge is 2.15. The third-order valence-electron chi connectivity index (χ3n) is 3.19. The Morgan fingerprint density at radius 3 is 2.74 bits per heavy atom. The van der Waals surface area contributed by atoms with Gasteiger partial charge in [0.15, 0.2) is 0 Å². The lowest BCUT2D eigenvalue weighted by Crippen LogP contribution is -2.19. The van der Waals surface area contributed by atoms with Crippen molar-refractivity contribution in [1.29, 1.82) is 0 Å². The van der Waals surface area contributed by atoms with Crippen LogP contribution in [-0.4, -0.2) is 19.1 Å². The third-order valence-corrected chi connectivity index (χ3v) is 3.50. The lowest BCUT2D eigenvalue weighted by Gasteiger charge is -2.19. The van der Waals surface area contributed by atoms with Crippen LogP contribution in [-0.2, 0) is 0 Å². The number of hydrogen-bond acceptors (Lipinski definition) is 3. The molecule has 1 aromatic carbocycles. The van der Waals surface area contributed by atoms with Crippen LogP contribution in [0.25, 0.3) is 0 Å². The van der Waals surface area contributed by atoms with Gasteiger partial charge in [-0.3, -0.25) is 4.98 Å². The molecule has 1 aromatic heterocycles. The smallest absolute Gasteiger partial charge is 0.137 e. The Bertz CT molecular complexity index is 572. The summed E-state index contributed by atoms with van der Waals surface area (Å²) >= 11 is 6.06. The van der Waals surface area contributed by atoms with E-state index >= 15 is 0 Å². The number of nitrogens with one attached hydrogen (secondary N) is 1. The molecule has 1 heterocycles. The van der Waals surface area contributed by atoms with Crippen LogP contribution in [0.4, 0.5) is 0 Å². The Morgan fingerprint density at radius 2 is 2.11 bits per heavy atom. The molecule has 2 rings (SSSR count). The fraction of sp³-hybridized carbons (Fsp3) is 0.267. The highest BCUT2D eigenvalue weighted by atomic mass is 35.5. The monoisotopic (exact) mass is 276 g/mol. The van der Waals surface area contributed by atoms with Crippen molar-refractivity contribution in [1.82, 2.24) is 10.3 Å². The van der Waals surface area contributed by atoms with Crippen molar-refractivity contribution >= 4 is 11.6 Å². The Morgan fingerprint density at radius 1 is 1.32 bits per heavy atom. The molecule has 0 bridgehead atoms. The van der Waals surface area contributed by atoms with E-state index in [2.05, 4.69) is 17.2 Å². The van der Waals surface area contributed by atoms with Gasteiger partial charge in [-0.05, 0) is 48.9 Å².